The van der Waals surface area contributed by atoms with Gasteiger partial charge in [-0.3, -0.25) is 0 Å². The molecule has 0 saturated carbocycles. The third-order valence-electron chi connectivity index (χ3n) is 3.49. The molecule has 3 heteroatoms. The van der Waals surface area contributed by atoms with Gasteiger partial charge in [0.15, 0.2) is 0 Å². The van der Waals surface area contributed by atoms with Crippen LogP contribution in [0.4, 0.5) is 0 Å². The summed E-state index contributed by atoms with van der Waals surface area (Å²) in [6.45, 7) is 2.07. The zero-order chi connectivity index (χ0) is 14.1. The van der Waals surface area contributed by atoms with Gasteiger partial charge in [0.2, 0.25) is 0 Å². The maximum Gasteiger partial charge on any atom is 0.0844 e. The molecule has 1 nitrogen and oxygen atoms in total. The van der Waals surface area contributed by atoms with Gasteiger partial charge >= 0.3 is 0 Å². The van der Waals surface area contributed by atoms with Crippen molar-refractivity contribution in [3.8, 4) is 0 Å². The van der Waals surface area contributed by atoms with Crippen LogP contribution < -0.4 is 0 Å². The van der Waals surface area contributed by atoms with Crippen molar-refractivity contribution in [2.45, 2.75) is 19.4 Å². The fraction of sp³-hybridized carbons (Fsp3) is 0.176. The van der Waals surface area contributed by atoms with Gasteiger partial charge in [0.25, 0.3) is 0 Å². The van der Waals surface area contributed by atoms with Crippen LogP contribution in [0, 0.1) is 6.92 Å². The summed E-state index contributed by atoms with van der Waals surface area (Å²) in [6.07, 6.45) is 0.194. The van der Waals surface area contributed by atoms with Crippen LogP contribution in [0.2, 0.25) is 0 Å². The van der Waals surface area contributed by atoms with Gasteiger partial charge in [-0.05, 0) is 50.8 Å². The van der Waals surface area contributed by atoms with Crippen LogP contribution in [0.5, 0.6) is 0 Å². The summed E-state index contributed by atoms with van der Waals surface area (Å²) in [5.74, 6) is 0. The number of benzene rings is 2. The molecular formula is C17H15BrOS. The Morgan fingerprint density at radius 2 is 1.90 bits per heavy atom. The fourth-order valence-electron chi connectivity index (χ4n) is 2.36. The maximum atomic E-state index is 10.5. The SMILES string of the molecule is Cc1ccc(CC(O)c2csc3c(Br)cccc23)cc1. The molecule has 0 spiro atoms. The molecule has 0 amide bonds. The maximum absolute atomic E-state index is 10.5. The normalized spacial score (nSPS) is 12.8. The first kappa shape index (κ1) is 13.8. The van der Waals surface area contributed by atoms with Gasteiger partial charge in [-0.25, -0.2) is 0 Å². The second kappa shape index (κ2) is 5.68. The first-order chi connectivity index (χ1) is 9.65. The van der Waals surface area contributed by atoms with Crippen LogP contribution in [0.3, 0.4) is 0 Å². The Bertz CT molecular complexity index is 730. The molecule has 102 valence electrons. The van der Waals surface area contributed by atoms with Crippen LogP contribution >= 0.6 is 27.3 Å². The van der Waals surface area contributed by atoms with Crippen LogP contribution in [0.1, 0.15) is 22.8 Å². The second-order valence-corrected chi connectivity index (χ2v) is 6.75. The lowest BCUT2D eigenvalue weighted by Gasteiger charge is -2.10. The largest absolute Gasteiger partial charge is 0.388 e. The van der Waals surface area contributed by atoms with Crippen molar-refractivity contribution >= 4 is 37.4 Å². The Kier molecular flexibility index (Phi) is 3.92. The highest BCUT2D eigenvalue weighted by Gasteiger charge is 2.14. The van der Waals surface area contributed by atoms with E-state index in [0.29, 0.717) is 6.42 Å². The lowest BCUT2D eigenvalue weighted by atomic mass is 10.0. The number of aliphatic hydroxyl groups is 1. The van der Waals surface area contributed by atoms with Gasteiger partial charge < -0.3 is 5.11 Å². The summed E-state index contributed by atoms with van der Waals surface area (Å²) in [5, 5.41) is 13.7. The third-order valence-corrected chi connectivity index (χ3v) is 5.46. The van der Waals surface area contributed by atoms with E-state index in [4.69, 9.17) is 0 Å². The number of aryl methyl sites for hydroxylation is 1. The standard InChI is InChI=1S/C17H15BrOS/c1-11-5-7-12(8-6-11)9-16(19)14-10-20-17-13(14)3-2-4-15(17)18/h2-8,10,16,19H,9H2,1H3. The van der Waals surface area contributed by atoms with Crippen LogP contribution in [-0.2, 0) is 6.42 Å². The highest BCUT2D eigenvalue weighted by molar-refractivity contribution is 9.10. The summed E-state index contributed by atoms with van der Waals surface area (Å²) in [4.78, 5) is 0. The van der Waals surface area contributed by atoms with Crippen molar-refractivity contribution in [1.29, 1.82) is 0 Å². The Morgan fingerprint density at radius 3 is 2.65 bits per heavy atom. The minimum atomic E-state index is -0.458. The molecule has 0 fully saturated rings. The molecule has 1 unspecified atom stereocenters. The average molecular weight is 347 g/mol. The summed E-state index contributed by atoms with van der Waals surface area (Å²) in [7, 11) is 0. The van der Waals surface area contributed by atoms with Gasteiger partial charge in [0.1, 0.15) is 0 Å². The predicted molar refractivity (Wildman–Crippen MR) is 89.4 cm³/mol. The number of hydrogen-bond acceptors (Lipinski definition) is 2. The van der Waals surface area contributed by atoms with Crippen molar-refractivity contribution in [3.63, 3.8) is 0 Å². The van der Waals surface area contributed by atoms with E-state index in [2.05, 4.69) is 58.6 Å². The second-order valence-electron chi connectivity index (χ2n) is 5.01. The summed E-state index contributed by atoms with van der Waals surface area (Å²) in [5.41, 5.74) is 3.43. The molecule has 3 rings (SSSR count). The molecule has 1 heterocycles. The number of halogens is 1. The zero-order valence-electron chi connectivity index (χ0n) is 11.1. The molecule has 1 atom stereocenters. The van der Waals surface area contributed by atoms with Crippen molar-refractivity contribution in [3.05, 3.63) is 69.0 Å². The molecule has 0 radical (unpaired) electrons. The van der Waals surface area contributed by atoms with Crippen molar-refractivity contribution < 1.29 is 5.11 Å². The minimum absolute atomic E-state index is 0.458. The average Bonchev–Trinajstić information content (AvgIpc) is 2.87. The molecule has 1 N–H and O–H groups in total. The number of aliphatic hydroxyl groups excluding tert-OH is 1. The molecule has 0 aliphatic carbocycles. The molecule has 0 saturated heterocycles. The van der Waals surface area contributed by atoms with E-state index in [1.165, 1.54) is 10.3 Å². The van der Waals surface area contributed by atoms with Gasteiger partial charge in [-0.1, -0.05) is 42.0 Å². The summed E-state index contributed by atoms with van der Waals surface area (Å²) >= 11 is 5.24. The van der Waals surface area contributed by atoms with E-state index >= 15 is 0 Å². The van der Waals surface area contributed by atoms with E-state index in [1.807, 2.05) is 12.1 Å². The number of thiophene rings is 1. The molecule has 3 aromatic rings. The molecule has 2 aromatic carbocycles. The first-order valence-corrected chi connectivity index (χ1v) is 8.21. The monoisotopic (exact) mass is 346 g/mol. The van der Waals surface area contributed by atoms with Crippen molar-refractivity contribution in [1.82, 2.24) is 0 Å². The van der Waals surface area contributed by atoms with E-state index in [-0.39, 0.29) is 0 Å². The van der Waals surface area contributed by atoms with Gasteiger partial charge in [-0.2, -0.15) is 0 Å². The molecule has 20 heavy (non-hydrogen) atoms. The minimum Gasteiger partial charge on any atom is -0.388 e. The van der Waals surface area contributed by atoms with E-state index in [0.717, 1.165) is 21.0 Å². The molecule has 0 bridgehead atoms. The Hall–Kier alpha value is -1.16. The number of fused-ring (bicyclic) bond motifs is 1. The topological polar surface area (TPSA) is 20.2 Å². The van der Waals surface area contributed by atoms with Crippen LogP contribution in [-0.4, -0.2) is 5.11 Å². The van der Waals surface area contributed by atoms with E-state index in [1.54, 1.807) is 11.3 Å². The Balaban J connectivity index is 1.91. The first-order valence-electron chi connectivity index (χ1n) is 6.54. The highest BCUT2D eigenvalue weighted by atomic mass is 79.9. The predicted octanol–water partition coefficient (Wildman–Crippen LogP) is 5.25. The third kappa shape index (κ3) is 2.66. The van der Waals surface area contributed by atoms with Crippen molar-refractivity contribution in [2.24, 2.45) is 0 Å². The lowest BCUT2D eigenvalue weighted by molar-refractivity contribution is 0.180. The van der Waals surface area contributed by atoms with E-state index in [9.17, 15) is 5.11 Å². The smallest absolute Gasteiger partial charge is 0.0844 e. The molecular weight excluding hydrogens is 332 g/mol. The molecule has 0 aliphatic heterocycles. The van der Waals surface area contributed by atoms with E-state index < -0.39 is 6.10 Å². The fourth-order valence-corrected chi connectivity index (χ4v) is 4.03. The summed E-state index contributed by atoms with van der Waals surface area (Å²) < 4.78 is 2.29. The van der Waals surface area contributed by atoms with Gasteiger partial charge in [-0.15, -0.1) is 11.3 Å². The highest BCUT2D eigenvalue weighted by Crippen LogP contribution is 2.36. The molecule has 0 aliphatic rings. The quantitative estimate of drug-likeness (QED) is 0.686. The van der Waals surface area contributed by atoms with Gasteiger partial charge in [0, 0.05) is 15.6 Å². The Labute approximate surface area is 131 Å². The van der Waals surface area contributed by atoms with Crippen molar-refractivity contribution in [2.75, 3.05) is 0 Å². The number of hydrogen-bond donors (Lipinski definition) is 1. The Morgan fingerprint density at radius 1 is 1.15 bits per heavy atom. The number of rotatable bonds is 3. The molecule has 1 aromatic heterocycles. The zero-order valence-corrected chi connectivity index (χ0v) is 13.5. The lowest BCUT2D eigenvalue weighted by Crippen LogP contribution is -2.00. The van der Waals surface area contributed by atoms with Gasteiger partial charge in [0.05, 0.1) is 6.10 Å². The summed E-state index contributed by atoms with van der Waals surface area (Å²) in [6, 6.07) is 14.5. The van der Waals surface area contributed by atoms with Crippen LogP contribution in [0.15, 0.2) is 52.3 Å². The van der Waals surface area contributed by atoms with Crippen LogP contribution in [0.25, 0.3) is 10.1 Å².